The van der Waals surface area contributed by atoms with Gasteiger partial charge in [-0.2, -0.15) is 0 Å². The van der Waals surface area contributed by atoms with Crippen LogP contribution in [0, 0.1) is 0 Å². The Labute approximate surface area is 357 Å². The fraction of sp³-hybridized carbons (Fsp3) is 0.942. The van der Waals surface area contributed by atoms with E-state index in [1.165, 1.54) is 231 Å². The van der Waals surface area contributed by atoms with Gasteiger partial charge >= 0.3 is 0 Å². The van der Waals surface area contributed by atoms with Gasteiger partial charge in [0.25, 0.3) is 0 Å². The molecule has 0 fully saturated rings. The molecule has 0 aromatic carbocycles. The molecule has 0 saturated heterocycles. The number of amides is 1. The number of hydrogen-bond donors (Lipinski definition) is 4. The SMILES string of the molecule is CCCCCCCCCCCCCC/C=C\CCCCCCCCCCCCC(O)C(=O)NC(CO)C(O)CCCCCCCCCCCCCCCCCCC. The molecule has 3 unspecified atom stereocenters. The number of rotatable bonds is 48. The topological polar surface area (TPSA) is 89.8 Å². The zero-order chi connectivity index (χ0) is 41.5. The summed E-state index contributed by atoms with van der Waals surface area (Å²) in [4.78, 5) is 12.5. The van der Waals surface area contributed by atoms with E-state index in [9.17, 15) is 20.1 Å². The van der Waals surface area contributed by atoms with Crippen molar-refractivity contribution in [3.8, 4) is 0 Å². The lowest BCUT2D eigenvalue weighted by Gasteiger charge is -2.23. The van der Waals surface area contributed by atoms with Crippen molar-refractivity contribution in [2.45, 2.75) is 308 Å². The minimum Gasteiger partial charge on any atom is -0.394 e. The summed E-state index contributed by atoms with van der Waals surface area (Å²) in [6, 6.07) is -0.710. The van der Waals surface area contributed by atoms with E-state index in [0.29, 0.717) is 12.8 Å². The molecule has 0 bridgehead atoms. The molecule has 0 aliphatic heterocycles. The first-order valence-corrected chi connectivity index (χ1v) is 26.0. The summed E-state index contributed by atoms with van der Waals surface area (Å²) < 4.78 is 0. The van der Waals surface area contributed by atoms with Crippen LogP contribution in [0.3, 0.4) is 0 Å². The van der Waals surface area contributed by atoms with Gasteiger partial charge < -0.3 is 20.6 Å². The van der Waals surface area contributed by atoms with E-state index in [1.807, 2.05) is 0 Å². The normalized spacial score (nSPS) is 13.4. The standard InChI is InChI=1S/C52H103NO4/c1-3-5-7-9-11-13-15-17-19-21-22-23-24-25-26-27-28-29-31-33-35-37-39-41-43-45-47-51(56)52(57)53-49(48-54)50(55)46-44-42-40-38-36-34-32-30-20-18-16-14-12-10-8-6-4-2/h25-26,49-51,54-56H,3-24,27-48H2,1-2H3,(H,53,57)/b26-25-. The maximum atomic E-state index is 12.5. The van der Waals surface area contributed by atoms with Crippen molar-refractivity contribution in [1.82, 2.24) is 5.32 Å². The summed E-state index contributed by atoms with van der Waals surface area (Å²) in [5.74, 6) is -0.467. The number of unbranched alkanes of at least 4 members (excludes halogenated alkanes) is 38. The molecule has 57 heavy (non-hydrogen) atoms. The van der Waals surface area contributed by atoms with Gasteiger partial charge in [0.05, 0.1) is 18.8 Å². The molecule has 0 aliphatic rings. The first kappa shape index (κ1) is 56.1. The van der Waals surface area contributed by atoms with Gasteiger partial charge in [0.2, 0.25) is 5.91 Å². The molecule has 4 N–H and O–H groups in total. The van der Waals surface area contributed by atoms with Gasteiger partial charge in [0.15, 0.2) is 0 Å². The average Bonchev–Trinajstić information content (AvgIpc) is 3.22. The lowest BCUT2D eigenvalue weighted by atomic mass is 10.0. The van der Waals surface area contributed by atoms with E-state index in [2.05, 4.69) is 31.3 Å². The third kappa shape index (κ3) is 43.0. The molecule has 0 heterocycles. The fourth-order valence-electron chi connectivity index (χ4n) is 8.31. The van der Waals surface area contributed by atoms with E-state index in [0.717, 1.165) is 32.1 Å². The second kappa shape index (κ2) is 47.8. The molecule has 1 amide bonds. The third-order valence-corrected chi connectivity index (χ3v) is 12.4. The summed E-state index contributed by atoms with van der Waals surface area (Å²) >= 11 is 0. The maximum absolute atomic E-state index is 12.5. The summed E-state index contributed by atoms with van der Waals surface area (Å²) in [7, 11) is 0. The Morgan fingerprint density at radius 2 is 0.667 bits per heavy atom. The number of nitrogens with one attached hydrogen (secondary N) is 1. The number of allylic oxidation sites excluding steroid dienone is 2. The molecule has 0 saturated carbocycles. The number of hydrogen-bond acceptors (Lipinski definition) is 4. The van der Waals surface area contributed by atoms with Crippen LogP contribution in [0.5, 0.6) is 0 Å². The molecule has 0 radical (unpaired) electrons. The van der Waals surface area contributed by atoms with Gasteiger partial charge in [-0.25, -0.2) is 0 Å². The highest BCUT2D eigenvalue weighted by atomic mass is 16.3. The van der Waals surface area contributed by atoms with Crippen LogP contribution in [0.2, 0.25) is 0 Å². The first-order chi connectivity index (χ1) is 28.1. The van der Waals surface area contributed by atoms with Crippen molar-refractivity contribution < 1.29 is 20.1 Å². The van der Waals surface area contributed by atoms with Crippen LogP contribution in [0.15, 0.2) is 12.2 Å². The van der Waals surface area contributed by atoms with Crippen molar-refractivity contribution in [2.75, 3.05) is 6.61 Å². The minimum atomic E-state index is -1.07. The summed E-state index contributed by atoms with van der Waals surface area (Å²) in [5, 5.41) is 33.5. The number of carbonyl (C=O) groups excluding carboxylic acids is 1. The van der Waals surface area contributed by atoms with Gasteiger partial charge in [-0.05, 0) is 38.5 Å². The average molecular weight is 806 g/mol. The van der Waals surface area contributed by atoms with Gasteiger partial charge in [-0.15, -0.1) is 0 Å². The van der Waals surface area contributed by atoms with Crippen LogP contribution >= 0.6 is 0 Å². The van der Waals surface area contributed by atoms with Crippen LogP contribution in [-0.2, 0) is 4.79 Å². The van der Waals surface area contributed by atoms with Crippen molar-refractivity contribution in [2.24, 2.45) is 0 Å². The molecule has 5 nitrogen and oxygen atoms in total. The molecule has 0 aromatic heterocycles. The highest BCUT2D eigenvalue weighted by molar-refractivity contribution is 5.80. The summed E-state index contributed by atoms with van der Waals surface area (Å²) in [6.07, 6.45) is 58.1. The monoisotopic (exact) mass is 806 g/mol. The molecule has 0 aliphatic carbocycles. The molecule has 3 atom stereocenters. The zero-order valence-corrected chi connectivity index (χ0v) is 38.7. The van der Waals surface area contributed by atoms with E-state index in [4.69, 9.17) is 0 Å². The zero-order valence-electron chi connectivity index (χ0n) is 38.7. The second-order valence-electron chi connectivity index (χ2n) is 18.1. The molecule has 5 heteroatoms. The van der Waals surface area contributed by atoms with E-state index in [-0.39, 0.29) is 6.61 Å². The number of aliphatic hydroxyl groups excluding tert-OH is 3. The van der Waals surface area contributed by atoms with Crippen LogP contribution in [0.4, 0.5) is 0 Å². The van der Waals surface area contributed by atoms with Gasteiger partial charge in [0, 0.05) is 0 Å². The van der Waals surface area contributed by atoms with Crippen molar-refractivity contribution in [3.05, 3.63) is 12.2 Å². The van der Waals surface area contributed by atoms with Crippen LogP contribution in [0.25, 0.3) is 0 Å². The predicted molar refractivity (Wildman–Crippen MR) is 250 cm³/mol. The van der Waals surface area contributed by atoms with Crippen LogP contribution in [0.1, 0.15) is 290 Å². The lowest BCUT2D eigenvalue weighted by molar-refractivity contribution is -0.131. The molecule has 0 spiro atoms. The predicted octanol–water partition coefficient (Wildman–Crippen LogP) is 15.6. The molecule has 0 aromatic rings. The Balaban J connectivity index is 3.54. The van der Waals surface area contributed by atoms with Crippen molar-refractivity contribution >= 4 is 5.91 Å². The summed E-state index contributed by atoms with van der Waals surface area (Å²) in [6.45, 7) is 4.26. The van der Waals surface area contributed by atoms with E-state index in [1.54, 1.807) is 0 Å². The largest absolute Gasteiger partial charge is 0.394 e. The number of carbonyl (C=O) groups is 1. The second-order valence-corrected chi connectivity index (χ2v) is 18.1. The van der Waals surface area contributed by atoms with Crippen LogP contribution in [-0.4, -0.2) is 46.1 Å². The Bertz CT molecular complexity index is 803. The molecular formula is C52H103NO4. The molecule has 340 valence electrons. The minimum absolute atomic E-state index is 0.310. The number of aliphatic hydroxyl groups is 3. The highest BCUT2D eigenvalue weighted by Crippen LogP contribution is 2.17. The first-order valence-electron chi connectivity index (χ1n) is 26.0. The Hall–Kier alpha value is -0.910. The van der Waals surface area contributed by atoms with E-state index >= 15 is 0 Å². The Morgan fingerprint density at radius 3 is 0.965 bits per heavy atom. The van der Waals surface area contributed by atoms with Crippen molar-refractivity contribution in [3.63, 3.8) is 0 Å². The molecular weight excluding hydrogens is 703 g/mol. The van der Waals surface area contributed by atoms with Gasteiger partial charge in [-0.1, -0.05) is 264 Å². The van der Waals surface area contributed by atoms with Crippen molar-refractivity contribution in [1.29, 1.82) is 0 Å². The highest BCUT2D eigenvalue weighted by Gasteiger charge is 2.23. The lowest BCUT2D eigenvalue weighted by Crippen LogP contribution is -2.49. The van der Waals surface area contributed by atoms with Gasteiger partial charge in [-0.3, -0.25) is 4.79 Å². The smallest absolute Gasteiger partial charge is 0.249 e. The Kier molecular flexibility index (Phi) is 47.0. The maximum Gasteiger partial charge on any atom is 0.249 e. The molecule has 0 rings (SSSR count). The quantitative estimate of drug-likeness (QED) is 0.0364. The fourth-order valence-corrected chi connectivity index (χ4v) is 8.31. The summed E-state index contributed by atoms with van der Waals surface area (Å²) in [5.41, 5.74) is 0. The van der Waals surface area contributed by atoms with Crippen LogP contribution < -0.4 is 5.32 Å². The third-order valence-electron chi connectivity index (χ3n) is 12.4. The van der Waals surface area contributed by atoms with E-state index < -0.39 is 24.2 Å². The Morgan fingerprint density at radius 1 is 0.404 bits per heavy atom. The van der Waals surface area contributed by atoms with Gasteiger partial charge in [0.1, 0.15) is 6.10 Å².